The standard InChI is InChI=1S/C20H18F3N3O3S/c1-26(10-17(27)24-14-7-3-2-6-13(14)20(21,22)23)19(28)12-29-11-18-25-15-8-4-5-9-16(15)30-18/h2-9H,10-12H2,1H3,(H,24,27). The summed E-state index contributed by atoms with van der Waals surface area (Å²) in [5.41, 5.74) is -0.463. The summed E-state index contributed by atoms with van der Waals surface area (Å²) in [4.78, 5) is 29.7. The van der Waals surface area contributed by atoms with E-state index < -0.39 is 30.1 Å². The molecule has 0 spiro atoms. The fourth-order valence-electron chi connectivity index (χ4n) is 2.65. The number of rotatable bonds is 7. The highest BCUT2D eigenvalue weighted by Gasteiger charge is 2.33. The number of fused-ring (bicyclic) bond motifs is 1. The van der Waals surface area contributed by atoms with Gasteiger partial charge in [0.1, 0.15) is 11.6 Å². The average Bonchev–Trinajstić information content (AvgIpc) is 3.10. The summed E-state index contributed by atoms with van der Waals surface area (Å²) in [7, 11) is 1.37. The van der Waals surface area contributed by atoms with Crippen LogP contribution in [0.3, 0.4) is 0 Å². The molecule has 3 aromatic rings. The van der Waals surface area contributed by atoms with E-state index in [1.807, 2.05) is 24.3 Å². The highest BCUT2D eigenvalue weighted by Crippen LogP contribution is 2.34. The first-order valence-electron chi connectivity index (χ1n) is 8.86. The van der Waals surface area contributed by atoms with Crippen molar-refractivity contribution >= 4 is 39.1 Å². The van der Waals surface area contributed by atoms with E-state index in [0.29, 0.717) is 5.01 Å². The second kappa shape index (κ2) is 9.23. The SMILES string of the molecule is CN(CC(=O)Nc1ccccc1C(F)(F)F)C(=O)COCc1nc2ccccc2s1. The van der Waals surface area contributed by atoms with E-state index in [1.54, 1.807) is 0 Å². The van der Waals surface area contributed by atoms with Crippen LogP contribution in [0.4, 0.5) is 18.9 Å². The number of alkyl halides is 3. The number of benzene rings is 2. The van der Waals surface area contributed by atoms with Gasteiger partial charge in [0.05, 0.1) is 34.6 Å². The van der Waals surface area contributed by atoms with Crippen LogP contribution < -0.4 is 5.32 Å². The Kier molecular flexibility index (Phi) is 6.68. The summed E-state index contributed by atoms with van der Waals surface area (Å²) >= 11 is 1.46. The predicted molar refractivity (Wildman–Crippen MR) is 107 cm³/mol. The Hall–Kier alpha value is -2.98. The fraction of sp³-hybridized carbons (Fsp3) is 0.250. The number of ether oxygens (including phenoxy) is 1. The number of carbonyl (C=O) groups excluding carboxylic acids is 2. The van der Waals surface area contributed by atoms with E-state index in [-0.39, 0.29) is 18.9 Å². The first-order chi connectivity index (χ1) is 14.2. The van der Waals surface area contributed by atoms with Crippen LogP contribution in [0.25, 0.3) is 10.2 Å². The Morgan fingerprint density at radius 3 is 2.57 bits per heavy atom. The van der Waals surface area contributed by atoms with Crippen molar-refractivity contribution in [3.63, 3.8) is 0 Å². The topological polar surface area (TPSA) is 71.5 Å². The highest BCUT2D eigenvalue weighted by atomic mass is 32.1. The zero-order chi connectivity index (χ0) is 21.7. The molecule has 2 aromatic carbocycles. The molecule has 0 radical (unpaired) electrons. The van der Waals surface area contributed by atoms with E-state index in [9.17, 15) is 22.8 Å². The van der Waals surface area contributed by atoms with Crippen LogP contribution in [0.1, 0.15) is 10.6 Å². The van der Waals surface area contributed by atoms with Crippen molar-refractivity contribution in [3.05, 3.63) is 59.1 Å². The smallest absolute Gasteiger partial charge is 0.364 e. The Morgan fingerprint density at radius 2 is 1.83 bits per heavy atom. The van der Waals surface area contributed by atoms with Gasteiger partial charge in [0.25, 0.3) is 0 Å². The minimum Gasteiger partial charge on any atom is -0.364 e. The molecule has 1 aromatic heterocycles. The van der Waals surface area contributed by atoms with Crippen molar-refractivity contribution in [3.8, 4) is 0 Å². The molecule has 0 saturated carbocycles. The molecule has 10 heteroatoms. The molecule has 30 heavy (non-hydrogen) atoms. The third kappa shape index (κ3) is 5.55. The molecule has 158 valence electrons. The maximum atomic E-state index is 13.0. The number of halogens is 3. The lowest BCUT2D eigenvalue weighted by Crippen LogP contribution is -2.37. The Labute approximate surface area is 174 Å². The number of aromatic nitrogens is 1. The van der Waals surface area contributed by atoms with Crippen molar-refractivity contribution in [2.45, 2.75) is 12.8 Å². The third-order valence-corrected chi connectivity index (χ3v) is 5.11. The van der Waals surface area contributed by atoms with Crippen LogP contribution in [-0.2, 0) is 27.1 Å². The minimum absolute atomic E-state index is 0.143. The largest absolute Gasteiger partial charge is 0.418 e. The van der Waals surface area contributed by atoms with E-state index in [4.69, 9.17) is 4.74 Å². The van der Waals surface area contributed by atoms with Gasteiger partial charge in [-0.1, -0.05) is 24.3 Å². The van der Waals surface area contributed by atoms with Gasteiger partial charge in [-0.05, 0) is 24.3 Å². The third-order valence-electron chi connectivity index (χ3n) is 4.10. The highest BCUT2D eigenvalue weighted by molar-refractivity contribution is 7.18. The molecular weight excluding hydrogens is 419 g/mol. The maximum Gasteiger partial charge on any atom is 0.418 e. The first kappa shape index (κ1) is 21.7. The number of thiazole rings is 1. The summed E-state index contributed by atoms with van der Waals surface area (Å²) in [6, 6.07) is 12.2. The van der Waals surface area contributed by atoms with Gasteiger partial charge >= 0.3 is 6.18 Å². The van der Waals surface area contributed by atoms with Gasteiger partial charge in [-0.2, -0.15) is 13.2 Å². The van der Waals surface area contributed by atoms with Gasteiger partial charge in [0.15, 0.2) is 0 Å². The van der Waals surface area contributed by atoms with Gasteiger partial charge in [-0.15, -0.1) is 11.3 Å². The molecular formula is C20H18F3N3O3S. The van der Waals surface area contributed by atoms with Crippen molar-refractivity contribution < 1.29 is 27.5 Å². The van der Waals surface area contributed by atoms with Crippen LogP contribution in [-0.4, -0.2) is 41.9 Å². The molecule has 1 heterocycles. The Balaban J connectivity index is 1.48. The average molecular weight is 437 g/mol. The number of likely N-dealkylation sites (N-methyl/N-ethyl adjacent to an activating group) is 1. The van der Waals surface area contributed by atoms with Crippen LogP contribution in [0.2, 0.25) is 0 Å². The van der Waals surface area contributed by atoms with Crippen LogP contribution >= 0.6 is 11.3 Å². The molecule has 0 aliphatic rings. The Morgan fingerprint density at radius 1 is 1.13 bits per heavy atom. The molecule has 6 nitrogen and oxygen atoms in total. The normalized spacial score (nSPS) is 11.5. The molecule has 0 aliphatic carbocycles. The van der Waals surface area contributed by atoms with Gasteiger partial charge < -0.3 is 15.0 Å². The number of nitrogens with one attached hydrogen (secondary N) is 1. The van der Waals surface area contributed by atoms with Gasteiger partial charge in [0.2, 0.25) is 11.8 Å². The maximum absolute atomic E-state index is 13.0. The fourth-order valence-corrected chi connectivity index (χ4v) is 3.56. The minimum atomic E-state index is -4.60. The van der Waals surface area contributed by atoms with Crippen molar-refractivity contribution in [1.29, 1.82) is 0 Å². The van der Waals surface area contributed by atoms with Crippen LogP contribution in [0, 0.1) is 0 Å². The molecule has 0 bridgehead atoms. The monoisotopic (exact) mass is 437 g/mol. The van der Waals surface area contributed by atoms with Gasteiger partial charge in [0, 0.05) is 7.05 Å². The second-order valence-electron chi connectivity index (χ2n) is 6.41. The molecule has 0 unspecified atom stereocenters. The van der Waals surface area contributed by atoms with Crippen LogP contribution in [0.5, 0.6) is 0 Å². The number of hydrogen-bond donors (Lipinski definition) is 1. The predicted octanol–water partition coefficient (Wildman–Crippen LogP) is 3.93. The number of carbonyl (C=O) groups is 2. The Bertz CT molecular complexity index is 1020. The lowest BCUT2D eigenvalue weighted by Gasteiger charge is -2.18. The molecule has 1 N–H and O–H groups in total. The molecule has 0 atom stereocenters. The van der Waals surface area contributed by atoms with E-state index >= 15 is 0 Å². The quantitative estimate of drug-likeness (QED) is 0.608. The van der Waals surface area contributed by atoms with Gasteiger partial charge in [-0.3, -0.25) is 9.59 Å². The summed E-state index contributed by atoms with van der Waals surface area (Å²) in [6.45, 7) is -0.543. The lowest BCUT2D eigenvalue weighted by atomic mass is 10.1. The van der Waals surface area contributed by atoms with Crippen molar-refractivity contribution in [2.75, 3.05) is 25.5 Å². The van der Waals surface area contributed by atoms with Crippen molar-refractivity contribution in [1.82, 2.24) is 9.88 Å². The number of nitrogens with zero attached hydrogens (tertiary/aromatic N) is 2. The molecule has 3 rings (SSSR count). The van der Waals surface area contributed by atoms with E-state index in [0.717, 1.165) is 27.2 Å². The number of hydrogen-bond acceptors (Lipinski definition) is 5. The van der Waals surface area contributed by atoms with E-state index in [2.05, 4.69) is 10.3 Å². The molecule has 2 amide bonds. The molecule has 0 fully saturated rings. The van der Waals surface area contributed by atoms with Crippen molar-refractivity contribution in [2.24, 2.45) is 0 Å². The number of anilines is 1. The van der Waals surface area contributed by atoms with Crippen LogP contribution in [0.15, 0.2) is 48.5 Å². The molecule has 0 saturated heterocycles. The number of para-hydroxylation sites is 2. The zero-order valence-electron chi connectivity index (χ0n) is 15.9. The molecule has 0 aliphatic heterocycles. The summed E-state index contributed by atoms with van der Waals surface area (Å²) < 4.78 is 45.4. The number of amides is 2. The summed E-state index contributed by atoms with van der Waals surface area (Å²) in [5, 5.41) is 2.91. The van der Waals surface area contributed by atoms with E-state index in [1.165, 1.54) is 30.5 Å². The lowest BCUT2D eigenvalue weighted by molar-refractivity contribution is -0.138. The summed E-state index contributed by atoms with van der Waals surface area (Å²) in [5.74, 6) is -1.22. The zero-order valence-corrected chi connectivity index (χ0v) is 16.7. The van der Waals surface area contributed by atoms with Gasteiger partial charge in [-0.25, -0.2) is 4.98 Å². The first-order valence-corrected chi connectivity index (χ1v) is 9.68. The second-order valence-corrected chi connectivity index (χ2v) is 7.52. The summed E-state index contributed by atoms with van der Waals surface area (Å²) in [6.07, 6.45) is -4.60.